The van der Waals surface area contributed by atoms with Gasteiger partial charge in [0.1, 0.15) is 12.4 Å². The number of imidazole rings is 1. The lowest BCUT2D eigenvalue weighted by molar-refractivity contribution is -0.121. The number of hydrogen-bond donors (Lipinski definition) is 1. The van der Waals surface area contributed by atoms with E-state index < -0.39 is 0 Å². The maximum Gasteiger partial charge on any atom is 0.240 e. The molecule has 1 amide bonds. The Morgan fingerprint density at radius 2 is 1.63 bits per heavy atom. The molecule has 1 heterocycles. The second kappa shape index (κ2) is 7.76. The van der Waals surface area contributed by atoms with Crippen molar-refractivity contribution in [2.45, 2.75) is 13.1 Å². The fourth-order valence-corrected chi connectivity index (χ4v) is 3.32. The van der Waals surface area contributed by atoms with Crippen molar-refractivity contribution >= 4 is 32.9 Å². The van der Waals surface area contributed by atoms with Gasteiger partial charge in [0.15, 0.2) is 0 Å². The number of rotatable bonds is 5. The number of aromatic nitrogens is 2. The Kier molecular flexibility index (Phi) is 5.03. The molecule has 1 N–H and O–H groups in total. The number of halogens is 1. The SMILES string of the molecule is O=C(Cn1c(-c2ccc(Br)cc2)nc2ccccc21)NCc1ccccc1. The summed E-state index contributed by atoms with van der Waals surface area (Å²) in [4.78, 5) is 17.3. The van der Waals surface area contributed by atoms with Crippen molar-refractivity contribution in [2.24, 2.45) is 0 Å². The summed E-state index contributed by atoms with van der Waals surface area (Å²) in [5.41, 5.74) is 3.89. The average Bonchev–Trinajstić information content (AvgIpc) is 3.06. The van der Waals surface area contributed by atoms with Crippen LogP contribution in [0, 0.1) is 0 Å². The molecule has 4 nitrogen and oxygen atoms in total. The Labute approximate surface area is 166 Å². The highest BCUT2D eigenvalue weighted by Crippen LogP contribution is 2.26. The summed E-state index contributed by atoms with van der Waals surface area (Å²) >= 11 is 3.46. The van der Waals surface area contributed by atoms with Crippen LogP contribution in [0.3, 0.4) is 0 Å². The van der Waals surface area contributed by atoms with Gasteiger partial charge in [0.05, 0.1) is 11.0 Å². The minimum atomic E-state index is -0.0413. The summed E-state index contributed by atoms with van der Waals surface area (Å²) in [6, 6.07) is 25.8. The first kappa shape index (κ1) is 17.5. The van der Waals surface area contributed by atoms with Crippen molar-refractivity contribution in [2.75, 3.05) is 0 Å². The van der Waals surface area contributed by atoms with Crippen molar-refractivity contribution in [3.63, 3.8) is 0 Å². The quantitative estimate of drug-likeness (QED) is 0.505. The maximum atomic E-state index is 12.6. The number of para-hydroxylation sites is 2. The van der Waals surface area contributed by atoms with Crippen LogP contribution in [0.1, 0.15) is 5.56 Å². The molecule has 4 rings (SSSR count). The van der Waals surface area contributed by atoms with Crippen LogP contribution in [0.2, 0.25) is 0 Å². The van der Waals surface area contributed by atoms with Crippen molar-refractivity contribution < 1.29 is 4.79 Å². The fourth-order valence-electron chi connectivity index (χ4n) is 3.05. The summed E-state index contributed by atoms with van der Waals surface area (Å²) in [5, 5.41) is 2.99. The second-order valence-corrected chi connectivity index (χ2v) is 7.20. The number of benzene rings is 3. The van der Waals surface area contributed by atoms with Crippen LogP contribution in [0.5, 0.6) is 0 Å². The fraction of sp³-hybridized carbons (Fsp3) is 0.0909. The van der Waals surface area contributed by atoms with E-state index in [0.717, 1.165) is 32.5 Å². The van der Waals surface area contributed by atoms with Gasteiger partial charge in [-0.1, -0.05) is 70.5 Å². The molecule has 0 unspecified atom stereocenters. The van der Waals surface area contributed by atoms with Crippen molar-refractivity contribution in [3.8, 4) is 11.4 Å². The van der Waals surface area contributed by atoms with Crippen LogP contribution in [-0.2, 0) is 17.9 Å². The van der Waals surface area contributed by atoms with E-state index in [-0.39, 0.29) is 12.5 Å². The van der Waals surface area contributed by atoms with Crippen LogP contribution < -0.4 is 5.32 Å². The molecule has 0 radical (unpaired) electrons. The summed E-state index contributed by atoms with van der Waals surface area (Å²) in [5.74, 6) is 0.749. The van der Waals surface area contributed by atoms with E-state index >= 15 is 0 Å². The molecule has 0 saturated heterocycles. The smallest absolute Gasteiger partial charge is 0.240 e. The summed E-state index contributed by atoms with van der Waals surface area (Å²) in [6.07, 6.45) is 0. The van der Waals surface area contributed by atoms with Gasteiger partial charge in [-0.15, -0.1) is 0 Å². The normalized spacial score (nSPS) is 10.9. The number of nitrogens with zero attached hydrogens (tertiary/aromatic N) is 2. The average molecular weight is 420 g/mol. The number of amides is 1. The Hall–Kier alpha value is -2.92. The van der Waals surface area contributed by atoms with Gasteiger partial charge in [-0.25, -0.2) is 4.98 Å². The van der Waals surface area contributed by atoms with E-state index in [1.807, 2.05) is 83.4 Å². The number of hydrogen-bond acceptors (Lipinski definition) is 2. The van der Waals surface area contributed by atoms with Gasteiger partial charge >= 0.3 is 0 Å². The van der Waals surface area contributed by atoms with E-state index in [9.17, 15) is 4.79 Å². The zero-order valence-electron chi connectivity index (χ0n) is 14.6. The summed E-state index contributed by atoms with van der Waals surface area (Å²) in [7, 11) is 0. The largest absolute Gasteiger partial charge is 0.350 e. The number of carbonyl (C=O) groups excluding carboxylic acids is 1. The van der Waals surface area contributed by atoms with Crippen molar-refractivity contribution in [1.82, 2.24) is 14.9 Å². The molecule has 1 aromatic heterocycles. The standard InChI is InChI=1S/C22H18BrN3O/c23-18-12-10-17(11-13-18)22-25-19-8-4-5-9-20(19)26(22)15-21(27)24-14-16-6-2-1-3-7-16/h1-13H,14-15H2,(H,24,27). The Balaban J connectivity index is 1.62. The van der Waals surface area contributed by atoms with Crippen LogP contribution in [0.25, 0.3) is 22.4 Å². The molecule has 5 heteroatoms. The molecule has 0 bridgehead atoms. The van der Waals surface area contributed by atoms with E-state index in [0.29, 0.717) is 6.54 Å². The molecule has 0 aliphatic carbocycles. The lowest BCUT2D eigenvalue weighted by Crippen LogP contribution is -2.27. The zero-order chi connectivity index (χ0) is 18.6. The zero-order valence-corrected chi connectivity index (χ0v) is 16.2. The molecular formula is C22H18BrN3O. The van der Waals surface area contributed by atoms with Crippen LogP contribution in [-0.4, -0.2) is 15.5 Å². The Bertz CT molecular complexity index is 1070. The summed E-state index contributed by atoms with van der Waals surface area (Å²) in [6.45, 7) is 0.735. The lowest BCUT2D eigenvalue weighted by atomic mass is 10.2. The van der Waals surface area contributed by atoms with Gasteiger partial charge in [0.25, 0.3) is 0 Å². The predicted octanol–water partition coefficient (Wildman–Crippen LogP) is 4.78. The monoisotopic (exact) mass is 419 g/mol. The van der Waals surface area contributed by atoms with Crippen LogP contribution in [0.4, 0.5) is 0 Å². The van der Waals surface area contributed by atoms with E-state index in [2.05, 4.69) is 21.2 Å². The first-order valence-electron chi connectivity index (χ1n) is 8.72. The number of nitrogens with one attached hydrogen (secondary N) is 1. The molecule has 4 aromatic rings. The number of fused-ring (bicyclic) bond motifs is 1. The molecule has 134 valence electrons. The van der Waals surface area contributed by atoms with E-state index in [4.69, 9.17) is 4.98 Å². The van der Waals surface area contributed by atoms with E-state index in [1.165, 1.54) is 0 Å². The topological polar surface area (TPSA) is 46.9 Å². The third kappa shape index (κ3) is 3.93. The van der Waals surface area contributed by atoms with Gasteiger partial charge in [-0.3, -0.25) is 4.79 Å². The van der Waals surface area contributed by atoms with Gasteiger partial charge in [-0.05, 0) is 29.8 Å². The van der Waals surface area contributed by atoms with Crippen LogP contribution >= 0.6 is 15.9 Å². The highest BCUT2D eigenvalue weighted by molar-refractivity contribution is 9.10. The Morgan fingerprint density at radius 3 is 2.41 bits per heavy atom. The van der Waals surface area contributed by atoms with Gasteiger partial charge in [0, 0.05) is 16.6 Å². The first-order chi connectivity index (χ1) is 13.2. The molecular weight excluding hydrogens is 402 g/mol. The molecule has 27 heavy (non-hydrogen) atoms. The van der Waals surface area contributed by atoms with Gasteiger partial charge in [0.2, 0.25) is 5.91 Å². The van der Waals surface area contributed by atoms with Gasteiger partial charge < -0.3 is 9.88 Å². The highest BCUT2D eigenvalue weighted by Gasteiger charge is 2.15. The molecule has 0 saturated carbocycles. The molecule has 0 atom stereocenters. The highest BCUT2D eigenvalue weighted by atomic mass is 79.9. The number of carbonyl (C=O) groups is 1. The minimum absolute atomic E-state index is 0.0413. The third-order valence-corrected chi connectivity index (χ3v) is 4.92. The van der Waals surface area contributed by atoms with Crippen molar-refractivity contribution in [1.29, 1.82) is 0 Å². The predicted molar refractivity (Wildman–Crippen MR) is 111 cm³/mol. The molecule has 0 spiro atoms. The van der Waals surface area contributed by atoms with E-state index in [1.54, 1.807) is 0 Å². The molecule has 3 aromatic carbocycles. The Morgan fingerprint density at radius 1 is 0.926 bits per heavy atom. The third-order valence-electron chi connectivity index (χ3n) is 4.39. The summed E-state index contributed by atoms with van der Waals surface area (Å²) < 4.78 is 2.98. The van der Waals surface area contributed by atoms with Gasteiger partial charge in [-0.2, -0.15) is 0 Å². The van der Waals surface area contributed by atoms with Crippen molar-refractivity contribution in [3.05, 3.63) is 88.9 Å². The maximum absolute atomic E-state index is 12.6. The van der Waals surface area contributed by atoms with Crippen LogP contribution in [0.15, 0.2) is 83.3 Å². The minimum Gasteiger partial charge on any atom is -0.350 e. The molecule has 0 aliphatic heterocycles. The first-order valence-corrected chi connectivity index (χ1v) is 9.52. The lowest BCUT2D eigenvalue weighted by Gasteiger charge is -2.10. The molecule has 0 aliphatic rings. The second-order valence-electron chi connectivity index (χ2n) is 6.28. The molecule has 0 fully saturated rings.